The standard InChI is InChI=1S/C24H30ClN3O3/c1-2-3-4-5-6-7-8-13-23(29)26-27-24(30)28-17-18-11-9-10-12-21(18)31-22-15-14-19(25)16-20(22)28/h9-12,14-16H,2-8,13,17H2,1H3,(H,26,29)(H,27,30). The normalized spacial score (nSPS) is 12.3. The van der Waals surface area contributed by atoms with Gasteiger partial charge in [0.2, 0.25) is 5.91 Å². The van der Waals surface area contributed by atoms with Gasteiger partial charge in [0.25, 0.3) is 0 Å². The lowest BCUT2D eigenvalue weighted by atomic mass is 10.1. The highest BCUT2D eigenvalue weighted by Gasteiger charge is 2.26. The Hall–Kier alpha value is -2.73. The van der Waals surface area contributed by atoms with Crippen molar-refractivity contribution in [1.29, 1.82) is 0 Å². The average Bonchev–Trinajstić information content (AvgIpc) is 2.93. The number of para-hydroxylation sites is 1. The van der Waals surface area contributed by atoms with Crippen molar-refractivity contribution < 1.29 is 14.3 Å². The Balaban J connectivity index is 1.56. The molecule has 0 aliphatic carbocycles. The first-order valence-corrected chi connectivity index (χ1v) is 11.4. The fraction of sp³-hybridized carbons (Fsp3) is 0.417. The van der Waals surface area contributed by atoms with Gasteiger partial charge in [-0.05, 0) is 30.7 Å². The van der Waals surface area contributed by atoms with Crippen molar-refractivity contribution in [2.45, 2.75) is 64.8 Å². The number of amides is 3. The van der Waals surface area contributed by atoms with Crippen molar-refractivity contribution >= 4 is 29.2 Å². The molecule has 2 N–H and O–H groups in total. The van der Waals surface area contributed by atoms with Crippen LogP contribution in [-0.4, -0.2) is 11.9 Å². The fourth-order valence-electron chi connectivity index (χ4n) is 3.57. The Labute approximate surface area is 188 Å². The summed E-state index contributed by atoms with van der Waals surface area (Å²) in [6.07, 6.45) is 8.35. The van der Waals surface area contributed by atoms with Crippen LogP contribution >= 0.6 is 11.6 Å². The molecular weight excluding hydrogens is 414 g/mol. The number of hydrazine groups is 1. The topological polar surface area (TPSA) is 70.7 Å². The Morgan fingerprint density at radius 2 is 1.71 bits per heavy atom. The van der Waals surface area contributed by atoms with Gasteiger partial charge < -0.3 is 4.74 Å². The molecule has 0 spiro atoms. The van der Waals surface area contributed by atoms with Gasteiger partial charge in [-0.15, -0.1) is 0 Å². The molecule has 2 aromatic rings. The maximum absolute atomic E-state index is 12.9. The smallest absolute Gasteiger partial charge is 0.341 e. The molecule has 0 aromatic heterocycles. The predicted octanol–water partition coefficient (Wildman–Crippen LogP) is 6.33. The number of anilines is 1. The second kappa shape index (κ2) is 11.6. The monoisotopic (exact) mass is 443 g/mol. The molecule has 2 aromatic carbocycles. The van der Waals surface area contributed by atoms with E-state index in [2.05, 4.69) is 17.8 Å². The number of hydrogen-bond donors (Lipinski definition) is 2. The number of rotatable bonds is 8. The van der Waals surface area contributed by atoms with Crippen LogP contribution in [0.1, 0.15) is 63.9 Å². The molecule has 6 nitrogen and oxygen atoms in total. The van der Waals surface area contributed by atoms with E-state index in [4.69, 9.17) is 16.3 Å². The molecule has 1 aliphatic heterocycles. The number of hydrogen-bond acceptors (Lipinski definition) is 3. The van der Waals surface area contributed by atoms with Gasteiger partial charge in [0, 0.05) is 17.0 Å². The van der Waals surface area contributed by atoms with E-state index in [0.717, 1.165) is 24.8 Å². The zero-order valence-electron chi connectivity index (χ0n) is 18.0. The number of halogens is 1. The summed E-state index contributed by atoms with van der Waals surface area (Å²) in [6, 6.07) is 12.2. The van der Waals surface area contributed by atoms with Crippen LogP contribution in [0.5, 0.6) is 11.5 Å². The van der Waals surface area contributed by atoms with Crippen LogP contribution in [0.25, 0.3) is 0 Å². The molecule has 3 rings (SSSR count). The van der Waals surface area contributed by atoms with Crippen molar-refractivity contribution in [2.75, 3.05) is 4.90 Å². The molecule has 7 heteroatoms. The number of unbranched alkanes of at least 4 members (excludes halogenated alkanes) is 6. The maximum Gasteiger partial charge on any atom is 0.341 e. The Morgan fingerprint density at radius 3 is 2.52 bits per heavy atom. The van der Waals surface area contributed by atoms with Crippen molar-refractivity contribution in [3.63, 3.8) is 0 Å². The zero-order valence-corrected chi connectivity index (χ0v) is 18.7. The molecule has 1 heterocycles. The molecule has 31 heavy (non-hydrogen) atoms. The third kappa shape index (κ3) is 6.62. The molecule has 3 amide bonds. The third-order valence-corrected chi connectivity index (χ3v) is 5.53. The quantitative estimate of drug-likeness (QED) is 0.369. The van der Waals surface area contributed by atoms with E-state index in [1.807, 2.05) is 24.3 Å². The van der Waals surface area contributed by atoms with E-state index in [-0.39, 0.29) is 5.91 Å². The lowest BCUT2D eigenvalue weighted by molar-refractivity contribution is -0.121. The SMILES string of the molecule is CCCCCCCCCC(=O)NNC(=O)N1Cc2ccccc2Oc2ccc(Cl)cc21. The highest BCUT2D eigenvalue weighted by Crippen LogP contribution is 2.40. The molecule has 0 unspecified atom stereocenters. The second-order valence-corrected chi connectivity index (χ2v) is 8.19. The van der Waals surface area contributed by atoms with Gasteiger partial charge in [0.1, 0.15) is 5.75 Å². The van der Waals surface area contributed by atoms with E-state index in [0.29, 0.717) is 35.2 Å². The largest absolute Gasteiger partial charge is 0.455 e. The summed E-state index contributed by atoms with van der Waals surface area (Å²) in [7, 11) is 0. The Morgan fingerprint density at radius 1 is 0.968 bits per heavy atom. The minimum absolute atomic E-state index is 0.195. The van der Waals surface area contributed by atoms with E-state index < -0.39 is 6.03 Å². The van der Waals surface area contributed by atoms with Gasteiger partial charge >= 0.3 is 6.03 Å². The molecule has 0 fully saturated rings. The van der Waals surface area contributed by atoms with Crippen molar-refractivity contribution in [3.05, 3.63) is 53.1 Å². The number of carbonyl (C=O) groups is 2. The predicted molar refractivity (Wildman–Crippen MR) is 123 cm³/mol. The number of ether oxygens (including phenoxy) is 1. The zero-order chi connectivity index (χ0) is 22.1. The molecule has 0 radical (unpaired) electrons. The van der Waals surface area contributed by atoms with Gasteiger partial charge in [0.15, 0.2) is 5.75 Å². The Bertz CT molecular complexity index is 903. The molecule has 0 saturated heterocycles. The van der Waals surface area contributed by atoms with Crippen LogP contribution in [0.3, 0.4) is 0 Å². The minimum atomic E-state index is -0.447. The van der Waals surface area contributed by atoms with Crippen LogP contribution in [0.15, 0.2) is 42.5 Å². The summed E-state index contributed by atoms with van der Waals surface area (Å²) in [6.45, 7) is 2.49. The van der Waals surface area contributed by atoms with Gasteiger partial charge in [-0.2, -0.15) is 0 Å². The number of carbonyl (C=O) groups excluding carboxylic acids is 2. The summed E-state index contributed by atoms with van der Waals surface area (Å²) >= 11 is 6.17. The molecule has 1 aliphatic rings. The first-order chi connectivity index (χ1) is 15.1. The van der Waals surface area contributed by atoms with E-state index in [9.17, 15) is 9.59 Å². The summed E-state index contributed by atoms with van der Waals surface area (Å²) in [5.41, 5.74) is 6.46. The van der Waals surface area contributed by atoms with E-state index in [1.165, 1.54) is 30.6 Å². The number of benzene rings is 2. The molecule has 0 saturated carbocycles. The van der Waals surface area contributed by atoms with Crippen LogP contribution in [0.4, 0.5) is 10.5 Å². The highest BCUT2D eigenvalue weighted by atomic mass is 35.5. The summed E-state index contributed by atoms with van der Waals surface area (Å²) < 4.78 is 6.00. The second-order valence-electron chi connectivity index (χ2n) is 7.76. The van der Waals surface area contributed by atoms with Crippen molar-refractivity contribution in [2.24, 2.45) is 0 Å². The summed E-state index contributed by atoms with van der Waals surface area (Å²) in [5, 5.41) is 0.495. The third-order valence-electron chi connectivity index (χ3n) is 5.29. The van der Waals surface area contributed by atoms with Crippen LogP contribution in [0, 0.1) is 0 Å². The summed E-state index contributed by atoms with van der Waals surface area (Å²) in [4.78, 5) is 26.6. The number of urea groups is 1. The molecule has 166 valence electrons. The molecule has 0 atom stereocenters. The van der Waals surface area contributed by atoms with Gasteiger partial charge in [-0.25, -0.2) is 10.2 Å². The van der Waals surface area contributed by atoms with Crippen molar-refractivity contribution in [3.8, 4) is 11.5 Å². The summed E-state index contributed by atoms with van der Waals surface area (Å²) in [5.74, 6) is 1.02. The highest BCUT2D eigenvalue weighted by molar-refractivity contribution is 6.31. The van der Waals surface area contributed by atoms with Crippen molar-refractivity contribution in [1.82, 2.24) is 10.9 Å². The lowest BCUT2D eigenvalue weighted by Crippen LogP contribution is -2.48. The maximum atomic E-state index is 12.9. The number of nitrogens with zero attached hydrogens (tertiary/aromatic N) is 1. The van der Waals surface area contributed by atoms with Crippen LogP contribution in [0.2, 0.25) is 5.02 Å². The minimum Gasteiger partial charge on any atom is -0.455 e. The Kier molecular flexibility index (Phi) is 8.59. The van der Waals surface area contributed by atoms with E-state index >= 15 is 0 Å². The van der Waals surface area contributed by atoms with Crippen LogP contribution in [-0.2, 0) is 11.3 Å². The molecule has 0 bridgehead atoms. The first-order valence-electron chi connectivity index (χ1n) is 11.0. The number of nitrogens with one attached hydrogen (secondary N) is 2. The van der Waals surface area contributed by atoms with Crippen LogP contribution < -0.4 is 20.5 Å². The van der Waals surface area contributed by atoms with Gasteiger partial charge in [-0.1, -0.05) is 75.2 Å². The van der Waals surface area contributed by atoms with Gasteiger partial charge in [0.05, 0.1) is 12.2 Å². The first kappa shape index (κ1) is 22.9. The van der Waals surface area contributed by atoms with E-state index in [1.54, 1.807) is 18.2 Å². The number of fused-ring (bicyclic) bond motifs is 2. The van der Waals surface area contributed by atoms with Gasteiger partial charge in [-0.3, -0.25) is 15.1 Å². The lowest BCUT2D eigenvalue weighted by Gasteiger charge is -2.22. The molecular formula is C24H30ClN3O3. The fourth-order valence-corrected chi connectivity index (χ4v) is 3.74. The average molecular weight is 444 g/mol.